The Balaban J connectivity index is 1.50. The number of aromatic hydroxyl groups is 1. The molecule has 0 saturated heterocycles. The molecule has 0 radical (unpaired) electrons. The van der Waals surface area contributed by atoms with E-state index in [0.717, 1.165) is 30.3 Å². The van der Waals surface area contributed by atoms with Gasteiger partial charge in [-0.15, -0.1) is 0 Å². The van der Waals surface area contributed by atoms with E-state index in [1.165, 1.54) is 22.1 Å². The highest BCUT2D eigenvalue weighted by Crippen LogP contribution is 2.39. The van der Waals surface area contributed by atoms with Crippen molar-refractivity contribution in [1.82, 2.24) is 9.88 Å². The lowest BCUT2D eigenvalue weighted by atomic mass is 9.99. The van der Waals surface area contributed by atoms with Gasteiger partial charge < -0.3 is 19.7 Å². The first-order valence-corrected chi connectivity index (χ1v) is 11.9. The number of aromatic nitrogens is 1. The number of hydrogen-bond acceptors (Lipinski definition) is 3. The van der Waals surface area contributed by atoms with E-state index in [-0.39, 0.29) is 11.7 Å². The van der Waals surface area contributed by atoms with Gasteiger partial charge in [0.25, 0.3) is 5.91 Å². The number of nitrogens with one attached hydrogen (secondary N) is 1. The number of carbonyl (C=O) groups is 1. The number of fused-ring (bicyclic) bond motifs is 2. The van der Waals surface area contributed by atoms with Gasteiger partial charge in [-0.2, -0.15) is 0 Å². The summed E-state index contributed by atoms with van der Waals surface area (Å²) in [6.07, 6.45) is 9.73. The highest BCUT2D eigenvalue weighted by atomic mass is 16.5. The lowest BCUT2D eigenvalue weighted by Gasteiger charge is -2.15. The summed E-state index contributed by atoms with van der Waals surface area (Å²) in [6, 6.07) is 9.99. The predicted molar refractivity (Wildman–Crippen MR) is 138 cm³/mol. The minimum absolute atomic E-state index is 0.0524. The number of allylic oxidation sites excluding steroid dienone is 4. The second kappa shape index (κ2) is 10.2. The standard InChI is InChI=1S/C29H34N2O3/c1-19(2)8-7-9-20(3)12-13-23-27(34-4)16-24-25(28(23)32)18-31(29(24)33)15-14-21-17-30-26-11-6-5-10-22(21)26/h5-6,8,10-12,16-17,30,32H,7,9,13-15,18H2,1-4H3/b20-12+. The quantitative estimate of drug-likeness (QED) is 0.369. The Morgan fingerprint density at radius 3 is 2.76 bits per heavy atom. The van der Waals surface area contributed by atoms with Crippen LogP contribution in [-0.2, 0) is 19.4 Å². The second-order valence-electron chi connectivity index (χ2n) is 9.34. The minimum atomic E-state index is -0.0524. The van der Waals surface area contributed by atoms with E-state index in [1.807, 2.05) is 23.2 Å². The van der Waals surface area contributed by atoms with Crippen LogP contribution in [0.1, 0.15) is 60.7 Å². The molecule has 5 nitrogen and oxygen atoms in total. The Kier molecular flexibility index (Phi) is 7.11. The third-order valence-corrected chi connectivity index (χ3v) is 6.63. The molecule has 0 unspecified atom stereocenters. The number of carbonyl (C=O) groups excluding carboxylic acids is 1. The maximum absolute atomic E-state index is 13.1. The number of para-hydroxylation sites is 1. The van der Waals surface area contributed by atoms with Crippen molar-refractivity contribution in [1.29, 1.82) is 0 Å². The van der Waals surface area contributed by atoms with Crippen LogP contribution in [0.15, 0.2) is 59.8 Å². The number of methoxy groups -OCH3 is 1. The SMILES string of the molecule is COc1cc2c(c(O)c1C/C=C(\C)CCC=C(C)C)CN(CCc1c[nH]c3ccccc13)C2=O. The number of phenols is 1. The maximum Gasteiger partial charge on any atom is 0.254 e. The fourth-order valence-electron chi connectivity index (χ4n) is 4.64. The van der Waals surface area contributed by atoms with Gasteiger partial charge in [0, 0.05) is 34.8 Å². The summed E-state index contributed by atoms with van der Waals surface area (Å²) in [5, 5.41) is 12.3. The number of nitrogens with zero attached hydrogens (tertiary/aromatic N) is 1. The largest absolute Gasteiger partial charge is 0.507 e. The molecule has 4 rings (SSSR count). The van der Waals surface area contributed by atoms with Gasteiger partial charge in [0.2, 0.25) is 0 Å². The fraction of sp³-hybridized carbons (Fsp3) is 0.345. The van der Waals surface area contributed by atoms with Gasteiger partial charge in [-0.1, -0.05) is 41.5 Å². The van der Waals surface area contributed by atoms with Crippen LogP contribution in [0.3, 0.4) is 0 Å². The zero-order valence-electron chi connectivity index (χ0n) is 20.6. The monoisotopic (exact) mass is 458 g/mol. The van der Waals surface area contributed by atoms with Gasteiger partial charge in [0.1, 0.15) is 11.5 Å². The van der Waals surface area contributed by atoms with Crippen LogP contribution < -0.4 is 4.74 Å². The molecule has 1 aliphatic rings. The summed E-state index contributed by atoms with van der Waals surface area (Å²) >= 11 is 0. The molecule has 1 aliphatic heterocycles. The number of amides is 1. The number of phenolic OH excluding ortho intramolecular Hbond substituents is 1. The zero-order chi connectivity index (χ0) is 24.2. The van der Waals surface area contributed by atoms with E-state index in [0.29, 0.717) is 36.4 Å². The van der Waals surface area contributed by atoms with Gasteiger partial charge >= 0.3 is 0 Å². The van der Waals surface area contributed by atoms with Gasteiger partial charge in [0.15, 0.2) is 0 Å². The number of H-pyrrole nitrogens is 1. The van der Waals surface area contributed by atoms with Crippen LogP contribution in [0.4, 0.5) is 0 Å². The number of ether oxygens (including phenoxy) is 1. The summed E-state index contributed by atoms with van der Waals surface area (Å²) in [5.41, 5.74) is 6.88. The van der Waals surface area contributed by atoms with Crippen molar-refractivity contribution in [3.8, 4) is 11.5 Å². The van der Waals surface area contributed by atoms with Crippen molar-refractivity contribution in [2.75, 3.05) is 13.7 Å². The lowest BCUT2D eigenvalue weighted by Crippen LogP contribution is -2.26. The van der Waals surface area contributed by atoms with Crippen molar-refractivity contribution in [3.63, 3.8) is 0 Å². The van der Waals surface area contributed by atoms with E-state index >= 15 is 0 Å². The van der Waals surface area contributed by atoms with Crippen LogP contribution >= 0.6 is 0 Å². The number of aromatic amines is 1. The molecular weight excluding hydrogens is 424 g/mol. The predicted octanol–water partition coefficient (Wildman–Crippen LogP) is 6.32. The normalized spacial score (nSPS) is 13.5. The first-order valence-electron chi connectivity index (χ1n) is 11.9. The molecule has 0 fully saturated rings. The molecule has 34 heavy (non-hydrogen) atoms. The topological polar surface area (TPSA) is 65.6 Å². The molecule has 1 aromatic heterocycles. The maximum atomic E-state index is 13.1. The number of rotatable bonds is 9. The van der Waals surface area contributed by atoms with Crippen molar-refractivity contribution in [2.45, 2.75) is 53.0 Å². The Hall–Kier alpha value is -3.47. The molecule has 0 atom stereocenters. The summed E-state index contributed by atoms with van der Waals surface area (Å²) in [7, 11) is 1.59. The van der Waals surface area contributed by atoms with E-state index in [2.05, 4.69) is 50.0 Å². The first-order chi connectivity index (χ1) is 16.4. The van der Waals surface area contributed by atoms with Crippen LogP contribution in [0.5, 0.6) is 11.5 Å². The van der Waals surface area contributed by atoms with Gasteiger partial charge in [-0.05, 0) is 64.2 Å². The summed E-state index contributed by atoms with van der Waals surface area (Å²) in [4.78, 5) is 18.2. The summed E-state index contributed by atoms with van der Waals surface area (Å²) < 4.78 is 5.57. The molecule has 5 heteroatoms. The van der Waals surface area contributed by atoms with Crippen LogP contribution in [0.25, 0.3) is 10.9 Å². The van der Waals surface area contributed by atoms with E-state index in [9.17, 15) is 9.90 Å². The van der Waals surface area contributed by atoms with Crippen LogP contribution in [0, 0.1) is 0 Å². The average molecular weight is 459 g/mol. The lowest BCUT2D eigenvalue weighted by molar-refractivity contribution is 0.0780. The molecule has 178 valence electrons. The number of benzene rings is 2. The molecule has 0 spiro atoms. The molecule has 1 amide bonds. The Morgan fingerprint density at radius 2 is 2.00 bits per heavy atom. The summed E-state index contributed by atoms with van der Waals surface area (Å²) in [6.45, 7) is 7.35. The van der Waals surface area contributed by atoms with Crippen molar-refractivity contribution in [2.24, 2.45) is 0 Å². The van der Waals surface area contributed by atoms with Crippen molar-refractivity contribution >= 4 is 16.8 Å². The second-order valence-corrected chi connectivity index (χ2v) is 9.34. The molecule has 2 N–H and O–H groups in total. The van der Waals surface area contributed by atoms with Crippen LogP contribution in [0.2, 0.25) is 0 Å². The molecule has 2 heterocycles. The Bertz CT molecular complexity index is 1260. The molecular formula is C29H34N2O3. The molecule has 2 aromatic carbocycles. The summed E-state index contributed by atoms with van der Waals surface area (Å²) in [5.74, 6) is 0.700. The number of hydrogen-bond donors (Lipinski definition) is 2. The van der Waals surface area contributed by atoms with E-state index < -0.39 is 0 Å². The highest BCUT2D eigenvalue weighted by Gasteiger charge is 2.32. The fourth-order valence-corrected chi connectivity index (χ4v) is 4.64. The van der Waals surface area contributed by atoms with Gasteiger partial charge in [0.05, 0.1) is 19.2 Å². The smallest absolute Gasteiger partial charge is 0.254 e. The average Bonchev–Trinajstić information content (AvgIpc) is 3.37. The van der Waals surface area contributed by atoms with E-state index in [1.54, 1.807) is 13.2 Å². The van der Waals surface area contributed by atoms with Crippen molar-refractivity contribution in [3.05, 3.63) is 82.1 Å². The third-order valence-electron chi connectivity index (χ3n) is 6.63. The van der Waals surface area contributed by atoms with Crippen molar-refractivity contribution < 1.29 is 14.6 Å². The van der Waals surface area contributed by atoms with Crippen LogP contribution in [-0.4, -0.2) is 34.6 Å². The van der Waals surface area contributed by atoms with E-state index in [4.69, 9.17) is 4.74 Å². The van der Waals surface area contributed by atoms with Gasteiger partial charge in [-0.25, -0.2) is 0 Å². The first kappa shape index (κ1) is 23.7. The Labute approximate surface area is 201 Å². The van der Waals surface area contributed by atoms with Gasteiger partial charge in [-0.3, -0.25) is 4.79 Å². The Morgan fingerprint density at radius 1 is 1.21 bits per heavy atom. The molecule has 0 aliphatic carbocycles. The third kappa shape index (κ3) is 4.89. The zero-order valence-corrected chi connectivity index (χ0v) is 20.6. The molecule has 3 aromatic rings. The highest BCUT2D eigenvalue weighted by molar-refractivity contribution is 6.00. The molecule has 0 saturated carbocycles. The molecule has 0 bridgehead atoms. The minimum Gasteiger partial charge on any atom is -0.507 e.